The second-order valence-corrected chi connectivity index (χ2v) is 5.31. The van der Waals surface area contributed by atoms with Crippen molar-refractivity contribution in [2.24, 2.45) is 0 Å². The molecule has 8 heteroatoms. The van der Waals surface area contributed by atoms with Crippen molar-refractivity contribution in [3.8, 4) is 0 Å². The molecule has 2 N–H and O–H groups in total. The molecule has 0 unspecified atom stereocenters. The molecule has 0 aliphatic heterocycles. The Morgan fingerprint density at radius 2 is 2.09 bits per heavy atom. The zero-order valence-electron chi connectivity index (χ0n) is 11.9. The van der Waals surface area contributed by atoms with Gasteiger partial charge in [-0.3, -0.25) is 4.79 Å². The number of nitrogens with one attached hydrogen (secondary N) is 1. The molecule has 0 saturated heterocycles. The number of aliphatic hydroxyl groups is 1. The first kappa shape index (κ1) is 17.4. The average molecular weight is 348 g/mol. The quantitative estimate of drug-likeness (QED) is 0.886. The highest BCUT2D eigenvalue weighted by molar-refractivity contribution is 6.30. The number of hydrogen-bond donors (Lipinski definition) is 2. The van der Waals surface area contributed by atoms with E-state index in [-0.39, 0.29) is 16.3 Å². The summed E-state index contributed by atoms with van der Waals surface area (Å²) in [5.41, 5.74) is -0.756. The number of alkyl halides is 3. The van der Waals surface area contributed by atoms with Crippen LogP contribution in [0.5, 0.6) is 0 Å². The standard InChI is InChI=1S/C15H13ClF3NO3/c1-8-4-5-23-13(8)14(22)20-12(7-21)10-3-2-9(16)6-11(10)15(17,18)19/h2-6,12,21H,7H2,1H3,(H,20,22)/t12-/m0/s1. The summed E-state index contributed by atoms with van der Waals surface area (Å²) in [7, 11) is 0. The minimum atomic E-state index is -4.67. The zero-order chi connectivity index (χ0) is 17.2. The molecule has 0 saturated carbocycles. The van der Waals surface area contributed by atoms with Gasteiger partial charge in [0, 0.05) is 10.6 Å². The van der Waals surface area contributed by atoms with Crippen LogP contribution in [-0.4, -0.2) is 17.6 Å². The fourth-order valence-corrected chi connectivity index (χ4v) is 2.30. The van der Waals surface area contributed by atoms with Gasteiger partial charge < -0.3 is 14.8 Å². The van der Waals surface area contributed by atoms with Gasteiger partial charge in [-0.05, 0) is 30.7 Å². The summed E-state index contributed by atoms with van der Waals surface area (Å²) in [4.78, 5) is 12.1. The van der Waals surface area contributed by atoms with E-state index in [4.69, 9.17) is 16.0 Å². The highest BCUT2D eigenvalue weighted by Gasteiger charge is 2.36. The third-order valence-electron chi connectivity index (χ3n) is 3.25. The fourth-order valence-electron chi connectivity index (χ4n) is 2.13. The topological polar surface area (TPSA) is 62.5 Å². The maximum atomic E-state index is 13.1. The first-order chi connectivity index (χ1) is 10.7. The molecule has 0 fully saturated rings. The van der Waals surface area contributed by atoms with Crippen LogP contribution >= 0.6 is 11.6 Å². The number of carbonyl (C=O) groups excluding carboxylic acids is 1. The van der Waals surface area contributed by atoms with Crippen molar-refractivity contribution in [2.45, 2.75) is 19.1 Å². The van der Waals surface area contributed by atoms with Crippen LogP contribution < -0.4 is 5.32 Å². The lowest BCUT2D eigenvalue weighted by atomic mass is 10.00. The average Bonchev–Trinajstić information content (AvgIpc) is 2.90. The van der Waals surface area contributed by atoms with E-state index in [1.54, 1.807) is 13.0 Å². The lowest BCUT2D eigenvalue weighted by Crippen LogP contribution is -2.32. The fraction of sp³-hybridized carbons (Fsp3) is 0.267. The normalized spacial score (nSPS) is 13.0. The predicted octanol–water partition coefficient (Wildman–Crippen LogP) is 3.72. The van der Waals surface area contributed by atoms with Gasteiger partial charge in [0.15, 0.2) is 5.76 Å². The van der Waals surface area contributed by atoms with Crippen molar-refractivity contribution in [2.75, 3.05) is 6.61 Å². The monoisotopic (exact) mass is 347 g/mol. The molecule has 0 spiro atoms. The molecular weight excluding hydrogens is 335 g/mol. The number of benzene rings is 1. The largest absolute Gasteiger partial charge is 0.459 e. The van der Waals surface area contributed by atoms with Crippen LogP contribution in [-0.2, 0) is 6.18 Å². The van der Waals surface area contributed by atoms with Crippen LogP contribution in [0.15, 0.2) is 34.9 Å². The minimum absolute atomic E-state index is 0.0222. The van der Waals surface area contributed by atoms with Gasteiger partial charge in [0.2, 0.25) is 0 Å². The Labute approximate surface area is 134 Å². The molecule has 1 heterocycles. The third kappa shape index (κ3) is 3.86. The summed E-state index contributed by atoms with van der Waals surface area (Å²) in [6, 6.07) is 3.44. The summed E-state index contributed by atoms with van der Waals surface area (Å²) < 4.78 is 44.4. The Morgan fingerprint density at radius 3 is 2.61 bits per heavy atom. The lowest BCUT2D eigenvalue weighted by molar-refractivity contribution is -0.138. The van der Waals surface area contributed by atoms with E-state index in [2.05, 4.69) is 5.32 Å². The van der Waals surface area contributed by atoms with Crippen molar-refractivity contribution < 1.29 is 27.5 Å². The van der Waals surface area contributed by atoms with Crippen molar-refractivity contribution in [1.82, 2.24) is 5.32 Å². The molecule has 0 aliphatic carbocycles. The molecule has 23 heavy (non-hydrogen) atoms. The van der Waals surface area contributed by atoms with Crippen molar-refractivity contribution in [1.29, 1.82) is 0 Å². The van der Waals surface area contributed by atoms with E-state index >= 15 is 0 Å². The Bertz CT molecular complexity index is 712. The van der Waals surface area contributed by atoms with Crippen LogP contribution in [0.2, 0.25) is 5.02 Å². The van der Waals surface area contributed by atoms with E-state index in [0.29, 0.717) is 5.56 Å². The van der Waals surface area contributed by atoms with E-state index < -0.39 is 30.3 Å². The Hall–Kier alpha value is -1.99. The number of hydrogen-bond acceptors (Lipinski definition) is 3. The van der Waals surface area contributed by atoms with Crippen LogP contribution in [0.25, 0.3) is 0 Å². The van der Waals surface area contributed by atoms with Crippen molar-refractivity contribution in [3.05, 3.63) is 58.0 Å². The Balaban J connectivity index is 2.35. The summed E-state index contributed by atoms with van der Waals surface area (Å²) in [5, 5.41) is 11.6. The number of rotatable bonds is 4. The summed E-state index contributed by atoms with van der Waals surface area (Å²) >= 11 is 5.61. The molecule has 1 atom stereocenters. The van der Waals surface area contributed by atoms with Gasteiger partial charge in [-0.15, -0.1) is 0 Å². The molecule has 1 aromatic carbocycles. The van der Waals surface area contributed by atoms with Gasteiger partial charge in [-0.2, -0.15) is 13.2 Å². The molecule has 0 aliphatic rings. The molecule has 2 rings (SSSR count). The van der Waals surface area contributed by atoms with Crippen molar-refractivity contribution in [3.63, 3.8) is 0 Å². The minimum Gasteiger partial charge on any atom is -0.459 e. The van der Waals surface area contributed by atoms with Gasteiger partial charge in [0.1, 0.15) is 0 Å². The van der Waals surface area contributed by atoms with E-state index in [0.717, 1.165) is 12.1 Å². The molecular formula is C15H13ClF3NO3. The number of aliphatic hydroxyl groups excluding tert-OH is 1. The second kappa shape index (κ2) is 6.64. The number of amides is 1. The van der Waals surface area contributed by atoms with E-state index in [9.17, 15) is 23.1 Å². The van der Waals surface area contributed by atoms with Gasteiger partial charge in [-0.25, -0.2) is 0 Å². The maximum absolute atomic E-state index is 13.1. The number of carbonyl (C=O) groups is 1. The molecule has 1 amide bonds. The highest BCUT2D eigenvalue weighted by atomic mass is 35.5. The summed E-state index contributed by atoms with van der Waals surface area (Å²) in [5.74, 6) is -0.736. The van der Waals surface area contributed by atoms with Gasteiger partial charge in [0.05, 0.1) is 24.5 Å². The van der Waals surface area contributed by atoms with Crippen molar-refractivity contribution >= 4 is 17.5 Å². The molecule has 0 radical (unpaired) electrons. The third-order valence-corrected chi connectivity index (χ3v) is 3.49. The summed E-state index contributed by atoms with van der Waals surface area (Å²) in [6.45, 7) is 0.909. The summed E-state index contributed by atoms with van der Waals surface area (Å²) in [6.07, 6.45) is -3.37. The molecule has 124 valence electrons. The van der Waals surface area contributed by atoms with Crippen LogP contribution in [0.4, 0.5) is 13.2 Å². The van der Waals surface area contributed by atoms with Gasteiger partial charge in [0.25, 0.3) is 5.91 Å². The molecule has 4 nitrogen and oxygen atoms in total. The van der Waals surface area contributed by atoms with Crippen LogP contribution in [0, 0.1) is 6.92 Å². The SMILES string of the molecule is Cc1ccoc1C(=O)N[C@@H](CO)c1ccc(Cl)cc1C(F)(F)F. The van der Waals surface area contributed by atoms with Crippen LogP contribution in [0.3, 0.4) is 0 Å². The van der Waals surface area contributed by atoms with Gasteiger partial charge >= 0.3 is 6.18 Å². The van der Waals surface area contributed by atoms with E-state index in [1.807, 2.05) is 0 Å². The Kier molecular flexibility index (Phi) is 5.01. The zero-order valence-corrected chi connectivity index (χ0v) is 12.7. The number of aryl methyl sites for hydroxylation is 1. The smallest absolute Gasteiger partial charge is 0.416 e. The highest BCUT2D eigenvalue weighted by Crippen LogP contribution is 2.36. The maximum Gasteiger partial charge on any atom is 0.416 e. The second-order valence-electron chi connectivity index (χ2n) is 4.87. The van der Waals surface area contributed by atoms with E-state index in [1.165, 1.54) is 12.3 Å². The first-order valence-electron chi connectivity index (χ1n) is 6.56. The predicted molar refractivity (Wildman–Crippen MR) is 77.2 cm³/mol. The molecule has 2 aromatic rings. The first-order valence-corrected chi connectivity index (χ1v) is 6.94. The van der Waals surface area contributed by atoms with Crippen LogP contribution in [0.1, 0.15) is 33.3 Å². The molecule has 1 aromatic heterocycles. The number of halogens is 4. The molecule has 0 bridgehead atoms. The van der Waals surface area contributed by atoms with Gasteiger partial charge in [-0.1, -0.05) is 17.7 Å². The Morgan fingerprint density at radius 1 is 1.39 bits per heavy atom. The lowest BCUT2D eigenvalue weighted by Gasteiger charge is -2.21. The number of furan rings is 1.